The zero-order valence-electron chi connectivity index (χ0n) is 26.6. The number of hydrogen-bond acceptors (Lipinski definition) is 9. The molecule has 50 heavy (non-hydrogen) atoms. The summed E-state index contributed by atoms with van der Waals surface area (Å²) in [5.74, 6) is -0.670. The van der Waals surface area contributed by atoms with E-state index < -0.39 is 15.9 Å². The van der Waals surface area contributed by atoms with Crippen molar-refractivity contribution in [1.29, 1.82) is 0 Å². The Morgan fingerprint density at radius 3 is 1.92 bits per heavy atom. The molecule has 1 aromatic carbocycles. The Balaban J connectivity index is 0.000000208. The van der Waals surface area contributed by atoms with E-state index in [1.165, 1.54) is 41.4 Å². The topological polar surface area (TPSA) is 154 Å². The van der Waals surface area contributed by atoms with Crippen molar-refractivity contribution in [3.05, 3.63) is 148 Å². The number of pyridine rings is 2. The van der Waals surface area contributed by atoms with Crippen molar-refractivity contribution in [2.75, 3.05) is 10.6 Å². The molecule has 6 rings (SSSR count). The van der Waals surface area contributed by atoms with Crippen LogP contribution in [-0.2, 0) is 17.1 Å². The van der Waals surface area contributed by atoms with Crippen molar-refractivity contribution in [1.82, 2.24) is 28.9 Å². The molecule has 0 saturated carbocycles. The molecule has 0 fully saturated rings. The quantitative estimate of drug-likeness (QED) is 0.183. The van der Waals surface area contributed by atoms with Crippen LogP contribution in [0, 0.1) is 38.4 Å². The number of anilines is 2. The molecule has 0 spiro atoms. The molecule has 5 heterocycles. The van der Waals surface area contributed by atoms with Crippen molar-refractivity contribution in [3.63, 3.8) is 0 Å². The van der Waals surface area contributed by atoms with Gasteiger partial charge in [0.05, 0.1) is 44.9 Å². The summed E-state index contributed by atoms with van der Waals surface area (Å²) in [6.45, 7) is 5.38. The second-order valence-electron chi connectivity index (χ2n) is 9.57. The van der Waals surface area contributed by atoms with Gasteiger partial charge in [0.25, 0.3) is 21.8 Å². The normalized spacial score (nSPS) is 10.0. The number of rotatable bonds is 6. The Labute approximate surface area is 321 Å². The SMILES string of the molecule is C=C[C]#[U].Cc1ccc(Cl)c(Cl)c1.Cn1cc(NC(=O)c2ccccn2)cn1.O=C(Nc1cnn(S(=O)(=O)c2ccsc2)c1)c1ccccn1. The summed E-state index contributed by atoms with van der Waals surface area (Å²) in [7, 11) is -1.94. The van der Waals surface area contributed by atoms with E-state index in [4.69, 9.17) is 23.2 Å². The summed E-state index contributed by atoms with van der Waals surface area (Å²) in [5.41, 5.74) is 2.68. The van der Waals surface area contributed by atoms with Gasteiger partial charge in [-0.2, -0.15) is 34.0 Å². The van der Waals surface area contributed by atoms with Gasteiger partial charge in [0, 0.05) is 31.0 Å². The van der Waals surface area contributed by atoms with E-state index in [0.29, 0.717) is 21.4 Å². The Bertz CT molecular complexity index is 2150. The molecular weight excluding hydrogens is 945 g/mol. The summed E-state index contributed by atoms with van der Waals surface area (Å²) in [6.07, 6.45) is 10.6. The van der Waals surface area contributed by atoms with Crippen LogP contribution in [0.2, 0.25) is 10.0 Å². The number of aryl methyl sites for hydroxylation is 2. The Morgan fingerprint density at radius 2 is 1.48 bits per heavy atom. The van der Waals surface area contributed by atoms with Crippen LogP contribution in [0.3, 0.4) is 0 Å². The third-order valence-electron chi connectivity index (χ3n) is 5.79. The molecule has 6 aromatic rings. The van der Waals surface area contributed by atoms with E-state index in [9.17, 15) is 18.0 Å². The first-order valence-corrected chi connectivity index (χ1v) is 19.4. The summed E-state index contributed by atoms with van der Waals surface area (Å²) in [6, 6.07) is 17.2. The third kappa shape index (κ3) is 12.9. The van der Waals surface area contributed by atoms with Crippen molar-refractivity contribution in [3.8, 4) is 2.82 Å². The van der Waals surface area contributed by atoms with Crippen LogP contribution in [0.4, 0.5) is 11.4 Å². The predicted molar refractivity (Wildman–Crippen MR) is 192 cm³/mol. The molecule has 0 atom stereocenters. The van der Waals surface area contributed by atoms with Gasteiger partial charge < -0.3 is 10.6 Å². The Kier molecular flexibility index (Phi) is 16.3. The molecule has 0 radical (unpaired) electrons. The first kappa shape index (κ1) is 40.1. The van der Waals surface area contributed by atoms with Gasteiger partial charge in [-0.25, -0.2) is 0 Å². The zero-order valence-corrected chi connectivity index (χ0v) is 33.9. The van der Waals surface area contributed by atoms with Gasteiger partial charge in [-0.3, -0.25) is 24.2 Å². The van der Waals surface area contributed by atoms with Crippen LogP contribution >= 0.6 is 34.5 Å². The second-order valence-corrected chi connectivity index (χ2v) is 14.2. The van der Waals surface area contributed by atoms with E-state index in [0.717, 1.165) is 38.4 Å². The first-order valence-electron chi connectivity index (χ1n) is 14.1. The molecule has 0 saturated heterocycles. The van der Waals surface area contributed by atoms with Gasteiger partial charge in [0.2, 0.25) is 0 Å². The molecule has 0 aliphatic carbocycles. The maximum atomic E-state index is 12.2. The maximum Gasteiger partial charge on any atom is 0.283 e. The fourth-order valence-corrected chi connectivity index (χ4v) is 5.97. The molecule has 2 amide bonds. The van der Waals surface area contributed by atoms with E-state index in [-0.39, 0.29) is 22.2 Å². The minimum atomic E-state index is -3.73. The second kappa shape index (κ2) is 20.4. The molecule has 12 nitrogen and oxygen atoms in total. The molecule has 17 heteroatoms. The fraction of sp³-hybridized carbons (Fsp3) is 0.0606. The minimum absolute atomic E-state index is 0.156. The van der Waals surface area contributed by atoms with Crippen LogP contribution in [0.25, 0.3) is 0 Å². The van der Waals surface area contributed by atoms with Crippen LogP contribution in [0.5, 0.6) is 0 Å². The first-order chi connectivity index (χ1) is 23.9. The number of nitrogens with zero attached hydrogens (tertiary/aromatic N) is 6. The van der Waals surface area contributed by atoms with Gasteiger partial charge in [-0.15, -0.1) is 0 Å². The van der Waals surface area contributed by atoms with Gasteiger partial charge in [-0.05, 0) is 60.3 Å². The van der Waals surface area contributed by atoms with E-state index >= 15 is 0 Å². The number of hydrogen-bond donors (Lipinski definition) is 2. The van der Waals surface area contributed by atoms with Crippen molar-refractivity contribution in [2.24, 2.45) is 7.05 Å². The number of thiophene rings is 1. The van der Waals surface area contributed by atoms with E-state index in [1.807, 2.05) is 19.1 Å². The van der Waals surface area contributed by atoms with Gasteiger partial charge in [-0.1, -0.05) is 41.4 Å². The summed E-state index contributed by atoms with van der Waals surface area (Å²) < 4.78 is 29.8. The van der Waals surface area contributed by atoms with Gasteiger partial charge in [0.15, 0.2) is 0 Å². The van der Waals surface area contributed by atoms with E-state index in [1.54, 1.807) is 84.2 Å². The standard InChI is InChI=1S/C13H10N4O3S2.C10H10N4O.C7H6Cl2.C3H3.U/c18-13(12-3-1-2-5-14-12)16-10-7-15-17(8-10)22(19,20)11-4-6-21-9-11;1-14-7-8(6-12-14)13-10(15)9-4-2-3-5-11-9;1-5-2-3-6(8)7(9)4-5;1-3-2;/h1-9H,(H,16,18);2-7H,1H3,(H,13,15);2-4H,1H3;3H,1H2;. The molecule has 5 aromatic heterocycles. The number of benzene rings is 1. The predicted octanol–water partition coefficient (Wildman–Crippen LogP) is 6.88. The molecule has 0 aliphatic heterocycles. The fourth-order valence-electron chi connectivity index (χ4n) is 3.48. The molecule has 0 bridgehead atoms. The zero-order chi connectivity index (χ0) is 36.5. The number of aromatic nitrogens is 6. The van der Waals surface area contributed by atoms with Gasteiger partial charge in [0.1, 0.15) is 11.4 Å². The number of carbonyl (C=O) groups excluding carboxylic acids is 2. The number of halogens is 2. The third-order valence-corrected chi connectivity index (χ3v) is 9.76. The smallest absolute Gasteiger partial charge is 0.283 e. The number of amides is 2. The average Bonchev–Trinajstić information content (AvgIpc) is 3.92. The number of nitrogens with one attached hydrogen (secondary N) is 2. The molecule has 255 valence electrons. The molecule has 0 unspecified atom stereocenters. The largest absolute Gasteiger partial charge is 0.318 e. The molecule has 2 N–H and O–H groups in total. The van der Waals surface area contributed by atoms with E-state index in [2.05, 4.69) is 40.2 Å². The summed E-state index contributed by atoms with van der Waals surface area (Å²) in [4.78, 5) is 31.6. The van der Waals surface area contributed by atoms with Crippen molar-refractivity contribution >= 4 is 67.8 Å². The van der Waals surface area contributed by atoms with Crippen LogP contribution in [0.15, 0.2) is 126 Å². The van der Waals surface area contributed by atoms with Crippen molar-refractivity contribution < 1.29 is 46.7 Å². The molecule has 0 aliphatic rings. The number of carbonyl (C=O) groups is 2. The van der Waals surface area contributed by atoms with Crippen molar-refractivity contribution in [2.45, 2.75) is 11.8 Å². The van der Waals surface area contributed by atoms with Crippen LogP contribution in [-0.4, -0.2) is 49.2 Å². The Hall–Kier alpha value is -4.32. The average molecular weight is 975 g/mol. The molecular formula is C33H29Cl2N8O4S2U. The van der Waals surface area contributed by atoms with Crippen LogP contribution < -0.4 is 10.6 Å². The maximum absolute atomic E-state index is 12.2. The summed E-state index contributed by atoms with van der Waals surface area (Å²) in [5, 5.41) is 17.4. The number of allylic oxidation sites excluding steroid dienone is 1. The van der Waals surface area contributed by atoms with Gasteiger partial charge >= 0.3 is 44.2 Å². The summed E-state index contributed by atoms with van der Waals surface area (Å²) >= 11 is 13.5. The monoisotopic (exact) mass is 973 g/mol. The Morgan fingerprint density at radius 1 is 0.900 bits per heavy atom. The minimum Gasteiger partial charge on any atom is -0.318 e. The van der Waals surface area contributed by atoms with Crippen LogP contribution in [0.1, 0.15) is 26.5 Å².